The highest BCUT2D eigenvalue weighted by molar-refractivity contribution is 6.39. The summed E-state index contributed by atoms with van der Waals surface area (Å²) in [5, 5.41) is 15.0. The normalized spacial score (nSPS) is 29.3. The summed E-state index contributed by atoms with van der Waals surface area (Å²) in [5.41, 5.74) is 0.416. The molecule has 0 aromatic rings. The number of carbonyl (C=O) groups is 2. The summed E-state index contributed by atoms with van der Waals surface area (Å²) in [6.45, 7) is 2.99. The van der Waals surface area contributed by atoms with Crippen LogP contribution in [0.15, 0.2) is 5.10 Å². The third-order valence-electron chi connectivity index (χ3n) is 3.66. The Hall–Kier alpha value is -1.43. The molecule has 1 N–H and O–H groups in total. The molecule has 2 atom stereocenters. The van der Waals surface area contributed by atoms with E-state index in [-0.39, 0.29) is 17.7 Å². The zero-order valence-electron chi connectivity index (χ0n) is 10.8. The molecule has 1 saturated heterocycles. The first kappa shape index (κ1) is 13.0. The number of hydrazone groups is 1. The van der Waals surface area contributed by atoms with Crippen LogP contribution in [0.2, 0.25) is 0 Å². The molecule has 0 radical (unpaired) electrons. The Labute approximate surface area is 106 Å². The van der Waals surface area contributed by atoms with Crippen molar-refractivity contribution in [3.05, 3.63) is 0 Å². The van der Waals surface area contributed by atoms with E-state index < -0.39 is 6.10 Å². The van der Waals surface area contributed by atoms with E-state index >= 15 is 0 Å². The molecular weight excluding hydrogens is 234 g/mol. The molecule has 18 heavy (non-hydrogen) atoms. The lowest BCUT2D eigenvalue weighted by atomic mass is 9.95. The van der Waals surface area contributed by atoms with E-state index in [1.807, 2.05) is 6.92 Å². The topological polar surface area (TPSA) is 73.2 Å². The molecule has 0 saturated carbocycles. The van der Waals surface area contributed by atoms with Gasteiger partial charge in [0.15, 0.2) is 0 Å². The second-order valence-corrected chi connectivity index (χ2v) is 5.05. The van der Waals surface area contributed by atoms with Crippen molar-refractivity contribution in [1.29, 1.82) is 0 Å². The number of carbonyl (C=O) groups excluding carboxylic acids is 2. The van der Waals surface area contributed by atoms with E-state index in [9.17, 15) is 14.7 Å². The lowest BCUT2D eigenvalue weighted by molar-refractivity contribution is -0.131. The fraction of sp³-hybridized carbons (Fsp3) is 0.750. The molecule has 6 heteroatoms. The molecule has 0 aromatic carbocycles. The van der Waals surface area contributed by atoms with Gasteiger partial charge >= 0.3 is 0 Å². The average Bonchev–Trinajstić information content (AvgIpc) is 2.35. The Balaban J connectivity index is 2.04. The van der Waals surface area contributed by atoms with E-state index in [0.29, 0.717) is 31.6 Å². The van der Waals surface area contributed by atoms with Gasteiger partial charge in [0.1, 0.15) is 5.71 Å². The van der Waals surface area contributed by atoms with Gasteiger partial charge in [-0.3, -0.25) is 9.59 Å². The number of hydrogen-bond donors (Lipinski definition) is 1. The van der Waals surface area contributed by atoms with Crippen LogP contribution >= 0.6 is 0 Å². The van der Waals surface area contributed by atoms with Crippen molar-refractivity contribution < 1.29 is 14.7 Å². The first-order valence-corrected chi connectivity index (χ1v) is 6.30. The van der Waals surface area contributed by atoms with Crippen LogP contribution in [0, 0.1) is 5.92 Å². The van der Waals surface area contributed by atoms with Gasteiger partial charge in [-0.05, 0) is 12.3 Å². The highest BCUT2D eigenvalue weighted by Gasteiger charge is 2.31. The Morgan fingerprint density at radius 3 is 2.78 bits per heavy atom. The molecule has 1 fully saturated rings. The van der Waals surface area contributed by atoms with Gasteiger partial charge in [-0.25, -0.2) is 5.01 Å². The molecule has 0 aromatic heterocycles. The number of likely N-dealkylation sites (tertiary alicyclic amines) is 1. The molecule has 0 aliphatic carbocycles. The highest BCUT2D eigenvalue weighted by Crippen LogP contribution is 2.18. The van der Waals surface area contributed by atoms with E-state index in [1.54, 1.807) is 11.9 Å². The molecule has 6 nitrogen and oxygen atoms in total. The maximum Gasteiger partial charge on any atom is 0.270 e. The number of aliphatic hydroxyl groups excluding tert-OH is 1. The average molecular weight is 253 g/mol. The Bertz CT molecular complexity index is 394. The number of aliphatic hydroxyl groups is 1. The van der Waals surface area contributed by atoms with Crippen molar-refractivity contribution >= 4 is 17.5 Å². The van der Waals surface area contributed by atoms with Crippen LogP contribution in [0.25, 0.3) is 0 Å². The molecule has 2 amide bonds. The minimum Gasteiger partial charge on any atom is -0.391 e. The van der Waals surface area contributed by atoms with E-state index in [0.717, 1.165) is 6.42 Å². The van der Waals surface area contributed by atoms with Gasteiger partial charge < -0.3 is 10.0 Å². The summed E-state index contributed by atoms with van der Waals surface area (Å²) in [4.78, 5) is 25.1. The SMILES string of the molecule is CC1CCN(C(=O)C2=NN(C)C(=O)CC2)CC1O. The third kappa shape index (κ3) is 2.53. The Morgan fingerprint density at radius 1 is 1.44 bits per heavy atom. The molecule has 2 unspecified atom stereocenters. The third-order valence-corrected chi connectivity index (χ3v) is 3.66. The van der Waals surface area contributed by atoms with Crippen molar-refractivity contribution in [2.45, 2.75) is 32.3 Å². The Kier molecular flexibility index (Phi) is 3.65. The van der Waals surface area contributed by atoms with Crippen LogP contribution in [0.1, 0.15) is 26.2 Å². The zero-order valence-corrected chi connectivity index (χ0v) is 10.8. The maximum absolute atomic E-state index is 12.2. The summed E-state index contributed by atoms with van der Waals surface area (Å²) >= 11 is 0. The number of piperidine rings is 1. The standard InChI is InChI=1S/C12H19N3O3/c1-8-5-6-15(7-10(8)16)12(18)9-3-4-11(17)14(2)13-9/h8,10,16H,3-7H2,1-2H3. The summed E-state index contributed by atoms with van der Waals surface area (Å²) < 4.78 is 0. The quantitative estimate of drug-likeness (QED) is 0.704. The molecule has 2 aliphatic heterocycles. The van der Waals surface area contributed by atoms with E-state index in [4.69, 9.17) is 0 Å². The van der Waals surface area contributed by atoms with Gasteiger partial charge in [0.2, 0.25) is 5.91 Å². The van der Waals surface area contributed by atoms with Crippen LogP contribution in [-0.2, 0) is 9.59 Å². The predicted molar refractivity (Wildman–Crippen MR) is 65.8 cm³/mol. The van der Waals surface area contributed by atoms with E-state index in [2.05, 4.69) is 5.10 Å². The molecular formula is C12H19N3O3. The fourth-order valence-electron chi connectivity index (χ4n) is 2.24. The minimum atomic E-state index is -0.466. The molecule has 0 spiro atoms. The second-order valence-electron chi connectivity index (χ2n) is 5.05. The van der Waals surface area contributed by atoms with Crippen LogP contribution < -0.4 is 0 Å². The second kappa shape index (κ2) is 5.06. The van der Waals surface area contributed by atoms with Crippen molar-refractivity contribution in [1.82, 2.24) is 9.91 Å². The number of rotatable bonds is 1. The van der Waals surface area contributed by atoms with Crippen LogP contribution in [0.3, 0.4) is 0 Å². The zero-order chi connectivity index (χ0) is 13.3. The summed E-state index contributed by atoms with van der Waals surface area (Å²) in [6.07, 6.45) is 1.05. The van der Waals surface area contributed by atoms with Crippen LogP contribution in [0.4, 0.5) is 0 Å². The molecule has 0 bridgehead atoms. The van der Waals surface area contributed by atoms with Gasteiger partial charge in [0, 0.05) is 33.0 Å². The largest absolute Gasteiger partial charge is 0.391 e. The van der Waals surface area contributed by atoms with Gasteiger partial charge in [0.05, 0.1) is 6.10 Å². The summed E-state index contributed by atoms with van der Waals surface area (Å²) in [7, 11) is 1.56. The number of amides is 2. The lowest BCUT2D eigenvalue weighted by Crippen LogP contribution is -2.49. The first-order chi connectivity index (χ1) is 8.49. The van der Waals surface area contributed by atoms with Gasteiger partial charge in [0.25, 0.3) is 5.91 Å². The van der Waals surface area contributed by atoms with Crippen LogP contribution in [0.5, 0.6) is 0 Å². The highest BCUT2D eigenvalue weighted by atomic mass is 16.3. The monoisotopic (exact) mass is 253 g/mol. The van der Waals surface area contributed by atoms with Crippen LogP contribution in [-0.4, -0.2) is 58.8 Å². The molecule has 2 aliphatic rings. The number of nitrogens with zero attached hydrogens (tertiary/aromatic N) is 3. The maximum atomic E-state index is 12.2. The van der Waals surface area contributed by atoms with Crippen molar-refractivity contribution in [2.75, 3.05) is 20.1 Å². The van der Waals surface area contributed by atoms with Crippen molar-refractivity contribution in [3.63, 3.8) is 0 Å². The molecule has 100 valence electrons. The van der Waals surface area contributed by atoms with Gasteiger partial charge in [-0.15, -0.1) is 0 Å². The van der Waals surface area contributed by atoms with Gasteiger partial charge in [-0.1, -0.05) is 6.92 Å². The van der Waals surface area contributed by atoms with Crippen molar-refractivity contribution in [2.24, 2.45) is 11.0 Å². The minimum absolute atomic E-state index is 0.0705. The van der Waals surface area contributed by atoms with Gasteiger partial charge in [-0.2, -0.15) is 5.10 Å². The van der Waals surface area contributed by atoms with Crippen molar-refractivity contribution in [3.8, 4) is 0 Å². The lowest BCUT2D eigenvalue weighted by Gasteiger charge is -2.35. The smallest absolute Gasteiger partial charge is 0.270 e. The summed E-state index contributed by atoms with van der Waals surface area (Å²) in [6, 6.07) is 0. The predicted octanol–water partition coefficient (Wildman–Crippen LogP) is -0.176. The first-order valence-electron chi connectivity index (χ1n) is 6.30. The molecule has 2 rings (SSSR count). The Morgan fingerprint density at radius 2 is 2.17 bits per heavy atom. The number of β-amino-alcohol motifs (C(OH)–C–C–N with tert-alkyl or cyclic N) is 1. The fourth-order valence-corrected chi connectivity index (χ4v) is 2.24. The molecule has 2 heterocycles. The number of hydrogen-bond acceptors (Lipinski definition) is 4. The van der Waals surface area contributed by atoms with E-state index in [1.165, 1.54) is 5.01 Å². The summed E-state index contributed by atoms with van der Waals surface area (Å²) in [5.74, 6) is 0.00532.